The Hall–Kier alpha value is -1.53. The Morgan fingerprint density at radius 3 is 2.71 bits per heavy atom. The van der Waals surface area contributed by atoms with E-state index in [-0.39, 0.29) is 6.79 Å². The fourth-order valence-corrected chi connectivity index (χ4v) is 3.32. The minimum Gasteiger partial charge on any atom is -0.454 e. The van der Waals surface area contributed by atoms with Crippen molar-refractivity contribution in [3.63, 3.8) is 0 Å². The van der Waals surface area contributed by atoms with Gasteiger partial charge in [-0.25, -0.2) is 0 Å². The van der Waals surface area contributed by atoms with Crippen molar-refractivity contribution in [3.8, 4) is 22.6 Å². The third-order valence-corrected chi connectivity index (χ3v) is 4.60. The van der Waals surface area contributed by atoms with Gasteiger partial charge in [0.1, 0.15) is 0 Å². The smallest absolute Gasteiger partial charge is 0.231 e. The Kier molecular flexibility index (Phi) is 3.35. The van der Waals surface area contributed by atoms with Crippen LogP contribution < -0.4 is 9.47 Å². The van der Waals surface area contributed by atoms with Gasteiger partial charge in [-0.3, -0.25) is 4.68 Å². The molecule has 0 aliphatic carbocycles. The monoisotopic (exact) mass is 350 g/mol. The van der Waals surface area contributed by atoms with Crippen LogP contribution in [0.25, 0.3) is 11.1 Å². The standard InChI is InChI=1S/C15H15BrN2O3/c16-13-6-15-14(20-9-21-15)5-12(13)10-7-17-18(8-10)11-1-3-19-4-2-11/h5-8,11H,1-4,9H2. The highest BCUT2D eigenvalue weighted by Crippen LogP contribution is 2.41. The zero-order chi connectivity index (χ0) is 14.2. The summed E-state index contributed by atoms with van der Waals surface area (Å²) in [5.41, 5.74) is 2.14. The predicted molar refractivity (Wildman–Crippen MR) is 80.6 cm³/mol. The van der Waals surface area contributed by atoms with Crippen molar-refractivity contribution in [1.29, 1.82) is 0 Å². The average Bonchev–Trinajstić information content (AvgIpc) is 3.15. The van der Waals surface area contributed by atoms with Crippen LogP contribution in [0.2, 0.25) is 0 Å². The molecule has 1 aromatic carbocycles. The van der Waals surface area contributed by atoms with Crippen molar-refractivity contribution in [2.45, 2.75) is 18.9 Å². The maximum atomic E-state index is 5.45. The van der Waals surface area contributed by atoms with Gasteiger partial charge in [-0.05, 0) is 25.0 Å². The second kappa shape index (κ2) is 5.35. The van der Waals surface area contributed by atoms with Crippen molar-refractivity contribution in [2.24, 2.45) is 0 Å². The number of nitrogens with zero attached hydrogens (tertiary/aromatic N) is 2. The molecule has 0 saturated carbocycles. The van der Waals surface area contributed by atoms with Gasteiger partial charge in [0.05, 0.1) is 12.2 Å². The topological polar surface area (TPSA) is 45.5 Å². The Bertz CT molecular complexity index is 665. The highest BCUT2D eigenvalue weighted by atomic mass is 79.9. The van der Waals surface area contributed by atoms with E-state index in [1.165, 1.54) is 0 Å². The van der Waals surface area contributed by atoms with Gasteiger partial charge in [-0.15, -0.1) is 0 Å². The maximum absolute atomic E-state index is 5.45. The fraction of sp³-hybridized carbons (Fsp3) is 0.400. The minimum atomic E-state index is 0.284. The van der Waals surface area contributed by atoms with E-state index >= 15 is 0 Å². The first-order valence-electron chi connectivity index (χ1n) is 7.03. The molecule has 3 heterocycles. The summed E-state index contributed by atoms with van der Waals surface area (Å²) in [6, 6.07) is 4.38. The molecule has 2 aromatic rings. The van der Waals surface area contributed by atoms with E-state index < -0.39 is 0 Å². The molecule has 0 atom stereocenters. The van der Waals surface area contributed by atoms with Gasteiger partial charge in [0, 0.05) is 35.0 Å². The number of fused-ring (bicyclic) bond motifs is 1. The molecule has 1 saturated heterocycles. The molecule has 2 aliphatic heterocycles. The van der Waals surface area contributed by atoms with E-state index in [0.717, 1.165) is 53.2 Å². The van der Waals surface area contributed by atoms with Crippen LogP contribution in [0.15, 0.2) is 29.0 Å². The number of hydrogen-bond donors (Lipinski definition) is 0. The van der Waals surface area contributed by atoms with E-state index in [1.807, 2.05) is 18.3 Å². The molecule has 0 spiro atoms. The molecule has 6 heteroatoms. The van der Waals surface area contributed by atoms with Gasteiger partial charge in [-0.2, -0.15) is 5.10 Å². The molecule has 1 fully saturated rings. The van der Waals surface area contributed by atoms with Gasteiger partial charge in [0.2, 0.25) is 6.79 Å². The van der Waals surface area contributed by atoms with Crippen molar-refractivity contribution in [2.75, 3.05) is 20.0 Å². The lowest BCUT2D eigenvalue weighted by molar-refractivity contribution is 0.0662. The normalized spacial score (nSPS) is 18.1. The van der Waals surface area contributed by atoms with Crippen LogP contribution >= 0.6 is 15.9 Å². The molecular formula is C15H15BrN2O3. The Morgan fingerprint density at radius 1 is 1.14 bits per heavy atom. The summed E-state index contributed by atoms with van der Waals surface area (Å²) < 4.78 is 19.3. The van der Waals surface area contributed by atoms with Crippen LogP contribution in [-0.4, -0.2) is 29.8 Å². The maximum Gasteiger partial charge on any atom is 0.231 e. The third-order valence-electron chi connectivity index (χ3n) is 3.94. The molecule has 1 aromatic heterocycles. The highest BCUT2D eigenvalue weighted by Gasteiger charge is 2.20. The summed E-state index contributed by atoms with van der Waals surface area (Å²) in [6.07, 6.45) is 6.03. The molecule has 5 nitrogen and oxygen atoms in total. The second-order valence-corrected chi connectivity index (χ2v) is 6.09. The molecule has 0 amide bonds. The molecule has 21 heavy (non-hydrogen) atoms. The Labute approximate surface area is 130 Å². The van der Waals surface area contributed by atoms with Crippen LogP contribution in [0.1, 0.15) is 18.9 Å². The number of benzene rings is 1. The van der Waals surface area contributed by atoms with E-state index in [2.05, 4.69) is 31.9 Å². The largest absolute Gasteiger partial charge is 0.454 e. The molecular weight excluding hydrogens is 336 g/mol. The van der Waals surface area contributed by atoms with Gasteiger partial charge in [0.25, 0.3) is 0 Å². The lowest BCUT2D eigenvalue weighted by Crippen LogP contribution is -2.19. The van der Waals surface area contributed by atoms with E-state index in [9.17, 15) is 0 Å². The number of halogens is 1. The lowest BCUT2D eigenvalue weighted by Gasteiger charge is -2.22. The lowest BCUT2D eigenvalue weighted by atomic mass is 10.1. The summed E-state index contributed by atoms with van der Waals surface area (Å²) in [4.78, 5) is 0. The van der Waals surface area contributed by atoms with Crippen LogP contribution in [0.3, 0.4) is 0 Å². The predicted octanol–water partition coefficient (Wildman–Crippen LogP) is 3.39. The summed E-state index contributed by atoms with van der Waals surface area (Å²) in [5.74, 6) is 1.56. The first-order chi connectivity index (χ1) is 10.3. The van der Waals surface area contributed by atoms with Crippen molar-refractivity contribution >= 4 is 15.9 Å². The molecule has 0 N–H and O–H groups in total. The molecule has 0 radical (unpaired) electrons. The van der Waals surface area contributed by atoms with Gasteiger partial charge in [0.15, 0.2) is 11.5 Å². The fourth-order valence-electron chi connectivity index (χ4n) is 2.76. The van der Waals surface area contributed by atoms with Crippen molar-refractivity contribution < 1.29 is 14.2 Å². The Morgan fingerprint density at radius 2 is 1.90 bits per heavy atom. The number of ether oxygens (including phenoxy) is 3. The average molecular weight is 351 g/mol. The minimum absolute atomic E-state index is 0.284. The number of hydrogen-bond acceptors (Lipinski definition) is 4. The zero-order valence-corrected chi connectivity index (χ0v) is 13.0. The Balaban J connectivity index is 1.66. The summed E-state index contributed by atoms with van der Waals surface area (Å²) in [5, 5.41) is 4.52. The van der Waals surface area contributed by atoms with Crippen molar-refractivity contribution in [1.82, 2.24) is 9.78 Å². The van der Waals surface area contributed by atoms with E-state index in [4.69, 9.17) is 14.2 Å². The van der Waals surface area contributed by atoms with Gasteiger partial charge in [-0.1, -0.05) is 15.9 Å². The van der Waals surface area contributed by atoms with Crippen LogP contribution in [0, 0.1) is 0 Å². The first-order valence-corrected chi connectivity index (χ1v) is 7.82. The summed E-state index contributed by atoms with van der Waals surface area (Å²) in [7, 11) is 0. The summed E-state index contributed by atoms with van der Waals surface area (Å²) in [6.45, 7) is 1.91. The molecule has 2 aliphatic rings. The van der Waals surface area contributed by atoms with Crippen molar-refractivity contribution in [3.05, 3.63) is 29.0 Å². The summed E-state index contributed by atoms with van der Waals surface area (Å²) >= 11 is 3.60. The first kappa shape index (κ1) is 13.2. The van der Waals surface area contributed by atoms with Gasteiger partial charge >= 0.3 is 0 Å². The molecule has 110 valence electrons. The molecule has 0 bridgehead atoms. The molecule has 4 rings (SSSR count). The second-order valence-electron chi connectivity index (χ2n) is 5.24. The van der Waals surface area contributed by atoms with Gasteiger partial charge < -0.3 is 14.2 Å². The molecule has 0 unspecified atom stereocenters. The quantitative estimate of drug-likeness (QED) is 0.832. The van der Waals surface area contributed by atoms with E-state index in [0.29, 0.717) is 6.04 Å². The highest BCUT2D eigenvalue weighted by molar-refractivity contribution is 9.10. The number of rotatable bonds is 2. The van der Waals surface area contributed by atoms with Crippen LogP contribution in [0.5, 0.6) is 11.5 Å². The SMILES string of the molecule is Brc1cc2c(cc1-c1cnn(C3CCOCC3)c1)OCO2. The number of aromatic nitrogens is 2. The van der Waals surface area contributed by atoms with Crippen LogP contribution in [-0.2, 0) is 4.74 Å². The van der Waals surface area contributed by atoms with E-state index in [1.54, 1.807) is 0 Å². The third kappa shape index (κ3) is 2.42. The zero-order valence-electron chi connectivity index (χ0n) is 11.4. The van der Waals surface area contributed by atoms with Crippen LogP contribution in [0.4, 0.5) is 0 Å².